The summed E-state index contributed by atoms with van der Waals surface area (Å²) in [5.41, 5.74) is 1.50. The number of nitrogens with one attached hydrogen (secondary N) is 1. The average Bonchev–Trinajstić information content (AvgIpc) is 2.73. The molecule has 2 aromatic carbocycles. The Balaban J connectivity index is 1.38. The van der Waals surface area contributed by atoms with Crippen LogP contribution in [0, 0.1) is 0 Å². The number of benzene rings is 2. The van der Waals surface area contributed by atoms with Gasteiger partial charge < -0.3 is 25.4 Å². The monoisotopic (exact) mass is 419 g/mol. The van der Waals surface area contributed by atoms with Gasteiger partial charge in [-0.05, 0) is 61.4 Å². The van der Waals surface area contributed by atoms with E-state index in [9.17, 15) is 15.0 Å². The second-order valence-corrected chi connectivity index (χ2v) is 7.87. The van der Waals surface area contributed by atoms with Crippen molar-refractivity contribution in [3.8, 4) is 11.5 Å². The minimum absolute atomic E-state index is 0.00494. The molecule has 0 aliphatic heterocycles. The average molecular weight is 420 g/mol. The SMILES string of the molecule is O=C(O)c1ccc(C2CCC(NC[C@H](O)COc3ccc(O)c(Cl)c3)CC2)cc1. The maximum absolute atomic E-state index is 11.0. The molecule has 0 heterocycles. The first-order valence-electron chi connectivity index (χ1n) is 9.78. The van der Waals surface area contributed by atoms with Gasteiger partial charge in [-0.15, -0.1) is 0 Å². The standard InChI is InChI=1S/C22H26ClNO5/c23-20-11-19(9-10-21(20)26)29-13-18(25)12-24-17-7-5-15(6-8-17)14-1-3-16(4-2-14)22(27)28/h1-4,9-11,15,17-18,24-26H,5-8,12-13H2,(H,27,28)/t15?,17?,18-/m0/s1. The lowest BCUT2D eigenvalue weighted by atomic mass is 9.81. The number of aromatic carboxylic acids is 1. The van der Waals surface area contributed by atoms with E-state index in [1.54, 1.807) is 18.2 Å². The Morgan fingerprint density at radius 3 is 2.45 bits per heavy atom. The molecule has 6 nitrogen and oxygen atoms in total. The van der Waals surface area contributed by atoms with Gasteiger partial charge in [0.1, 0.15) is 24.2 Å². The number of aliphatic hydroxyl groups excluding tert-OH is 1. The number of aliphatic hydroxyl groups is 1. The predicted octanol–water partition coefficient (Wildman–Crippen LogP) is 3.80. The molecule has 4 N–H and O–H groups in total. The molecule has 0 aromatic heterocycles. The van der Waals surface area contributed by atoms with Gasteiger partial charge >= 0.3 is 5.97 Å². The third kappa shape index (κ3) is 6.10. The number of carboxylic acids is 1. The van der Waals surface area contributed by atoms with E-state index in [0.29, 0.717) is 29.8 Å². The molecule has 0 spiro atoms. The molecule has 3 rings (SSSR count). The highest BCUT2D eigenvalue weighted by atomic mass is 35.5. The molecule has 0 bridgehead atoms. The van der Waals surface area contributed by atoms with Gasteiger partial charge in [-0.25, -0.2) is 4.79 Å². The van der Waals surface area contributed by atoms with Crippen molar-refractivity contribution in [2.45, 2.75) is 43.7 Å². The molecule has 2 aromatic rings. The minimum atomic E-state index is -0.902. The summed E-state index contributed by atoms with van der Waals surface area (Å²) in [6.07, 6.45) is 3.42. The zero-order valence-electron chi connectivity index (χ0n) is 16.1. The second-order valence-electron chi connectivity index (χ2n) is 7.46. The van der Waals surface area contributed by atoms with Crippen LogP contribution in [-0.2, 0) is 0 Å². The fourth-order valence-electron chi connectivity index (χ4n) is 3.66. The number of phenols is 1. The Morgan fingerprint density at radius 1 is 1.14 bits per heavy atom. The first-order valence-corrected chi connectivity index (χ1v) is 10.2. The number of carbonyl (C=O) groups is 1. The predicted molar refractivity (Wildman–Crippen MR) is 111 cm³/mol. The van der Waals surface area contributed by atoms with Gasteiger partial charge in [-0.1, -0.05) is 23.7 Å². The highest BCUT2D eigenvalue weighted by Crippen LogP contribution is 2.33. The van der Waals surface area contributed by atoms with Crippen LogP contribution in [0.25, 0.3) is 0 Å². The molecular weight excluding hydrogens is 394 g/mol. The van der Waals surface area contributed by atoms with Crippen molar-refractivity contribution in [3.05, 3.63) is 58.6 Å². The molecule has 156 valence electrons. The normalized spacial score (nSPS) is 20.2. The molecular formula is C22H26ClNO5. The van der Waals surface area contributed by atoms with Gasteiger partial charge in [-0.3, -0.25) is 0 Å². The Morgan fingerprint density at radius 2 is 1.83 bits per heavy atom. The van der Waals surface area contributed by atoms with Gasteiger partial charge in [0.15, 0.2) is 0 Å². The van der Waals surface area contributed by atoms with E-state index in [-0.39, 0.29) is 17.4 Å². The maximum Gasteiger partial charge on any atom is 0.335 e. The lowest BCUT2D eigenvalue weighted by Gasteiger charge is -2.30. The fourth-order valence-corrected chi connectivity index (χ4v) is 3.83. The molecule has 29 heavy (non-hydrogen) atoms. The zero-order chi connectivity index (χ0) is 20.8. The number of halogens is 1. The molecule has 1 aliphatic carbocycles. The first kappa shape index (κ1) is 21.4. The van der Waals surface area contributed by atoms with Crippen molar-refractivity contribution in [2.75, 3.05) is 13.2 Å². The summed E-state index contributed by atoms with van der Waals surface area (Å²) in [6.45, 7) is 0.577. The number of carboxylic acid groups (broad SMARTS) is 1. The van der Waals surface area contributed by atoms with Crippen LogP contribution in [0.5, 0.6) is 11.5 Å². The summed E-state index contributed by atoms with van der Waals surface area (Å²) in [4.78, 5) is 11.0. The highest BCUT2D eigenvalue weighted by Gasteiger charge is 2.23. The number of phenolic OH excluding ortho intramolecular Hbond substituents is 1. The number of hydrogen-bond acceptors (Lipinski definition) is 5. The van der Waals surface area contributed by atoms with E-state index in [1.807, 2.05) is 12.1 Å². The Kier molecular flexibility index (Phi) is 7.36. The lowest BCUT2D eigenvalue weighted by Crippen LogP contribution is -2.39. The molecule has 7 heteroatoms. The van der Waals surface area contributed by atoms with Crippen LogP contribution >= 0.6 is 11.6 Å². The second kappa shape index (κ2) is 9.96. The van der Waals surface area contributed by atoms with Crippen LogP contribution in [0.1, 0.15) is 47.5 Å². The highest BCUT2D eigenvalue weighted by molar-refractivity contribution is 6.32. The molecule has 1 fully saturated rings. The van der Waals surface area contributed by atoms with Gasteiger partial charge in [0.05, 0.1) is 10.6 Å². The van der Waals surface area contributed by atoms with Gasteiger partial charge in [-0.2, -0.15) is 0 Å². The van der Waals surface area contributed by atoms with Gasteiger partial charge in [0, 0.05) is 18.7 Å². The molecule has 0 saturated heterocycles. The molecule has 1 saturated carbocycles. The number of aromatic hydroxyl groups is 1. The van der Waals surface area contributed by atoms with E-state index in [1.165, 1.54) is 17.7 Å². The number of hydrogen-bond donors (Lipinski definition) is 4. The third-order valence-corrected chi connectivity index (χ3v) is 5.66. The summed E-state index contributed by atoms with van der Waals surface area (Å²) in [5, 5.41) is 32.2. The van der Waals surface area contributed by atoms with Crippen LogP contribution in [0.15, 0.2) is 42.5 Å². The summed E-state index contributed by atoms with van der Waals surface area (Å²) in [6, 6.07) is 12.1. The molecule has 0 amide bonds. The van der Waals surface area contributed by atoms with Crippen molar-refractivity contribution in [1.82, 2.24) is 5.32 Å². The van der Waals surface area contributed by atoms with Crippen LogP contribution in [-0.4, -0.2) is 46.6 Å². The van der Waals surface area contributed by atoms with Crippen molar-refractivity contribution in [3.63, 3.8) is 0 Å². The van der Waals surface area contributed by atoms with Crippen LogP contribution < -0.4 is 10.1 Å². The molecule has 1 atom stereocenters. The van der Waals surface area contributed by atoms with E-state index in [2.05, 4.69) is 5.32 Å². The smallest absolute Gasteiger partial charge is 0.335 e. The molecule has 0 unspecified atom stereocenters. The summed E-state index contributed by atoms with van der Waals surface area (Å²) in [7, 11) is 0. The van der Waals surface area contributed by atoms with Crippen molar-refractivity contribution in [1.29, 1.82) is 0 Å². The number of rotatable bonds is 8. The van der Waals surface area contributed by atoms with Crippen LogP contribution in [0.4, 0.5) is 0 Å². The van der Waals surface area contributed by atoms with E-state index < -0.39 is 12.1 Å². The quantitative estimate of drug-likeness (QED) is 0.519. The van der Waals surface area contributed by atoms with Crippen LogP contribution in [0.3, 0.4) is 0 Å². The topological polar surface area (TPSA) is 99.0 Å². The van der Waals surface area contributed by atoms with Gasteiger partial charge in [0.2, 0.25) is 0 Å². The van der Waals surface area contributed by atoms with E-state index in [0.717, 1.165) is 25.7 Å². The summed E-state index contributed by atoms with van der Waals surface area (Å²) >= 11 is 5.84. The van der Waals surface area contributed by atoms with Crippen LogP contribution in [0.2, 0.25) is 5.02 Å². The Labute approximate surface area is 175 Å². The van der Waals surface area contributed by atoms with Gasteiger partial charge in [0.25, 0.3) is 0 Å². The summed E-state index contributed by atoms with van der Waals surface area (Å²) in [5.74, 6) is 0.0415. The molecule has 1 aliphatic rings. The van der Waals surface area contributed by atoms with Crippen molar-refractivity contribution < 1.29 is 24.9 Å². The Bertz CT molecular complexity index is 818. The fraction of sp³-hybridized carbons (Fsp3) is 0.409. The van der Waals surface area contributed by atoms with Crippen molar-refractivity contribution >= 4 is 17.6 Å². The maximum atomic E-state index is 11.0. The lowest BCUT2D eigenvalue weighted by molar-refractivity contribution is 0.0697. The number of ether oxygens (including phenoxy) is 1. The zero-order valence-corrected chi connectivity index (χ0v) is 16.8. The van der Waals surface area contributed by atoms with E-state index in [4.69, 9.17) is 21.4 Å². The summed E-state index contributed by atoms with van der Waals surface area (Å²) < 4.78 is 5.52. The van der Waals surface area contributed by atoms with E-state index >= 15 is 0 Å². The minimum Gasteiger partial charge on any atom is -0.506 e. The first-order chi connectivity index (χ1) is 13.9. The molecule has 0 radical (unpaired) electrons. The third-order valence-electron chi connectivity index (χ3n) is 5.36. The largest absolute Gasteiger partial charge is 0.506 e. The Hall–Kier alpha value is -2.28. The van der Waals surface area contributed by atoms with Crippen molar-refractivity contribution in [2.24, 2.45) is 0 Å².